The molecule has 3 aromatic rings. The van der Waals surface area contributed by atoms with Crippen LogP contribution in [-0.2, 0) is 28.2 Å². The number of benzene rings is 2. The Bertz CT molecular complexity index is 1330. The lowest BCUT2D eigenvalue weighted by Crippen LogP contribution is -2.38. The van der Waals surface area contributed by atoms with E-state index < -0.39 is 23.7 Å². The SMILES string of the molecule is CNC(=O)[C@H](N[C@@H](CCc1ccc(C(F)(F)F)nc1)c1ccc2c(c1)C(C)(C)CCC2(C)C)c1ccc(F)cc1. The van der Waals surface area contributed by atoms with Crippen LogP contribution in [0.25, 0.3) is 0 Å². The van der Waals surface area contributed by atoms with Crippen molar-refractivity contribution < 1.29 is 22.4 Å². The normalized spacial score (nSPS) is 17.5. The number of pyridine rings is 1. The van der Waals surface area contributed by atoms with E-state index in [0.717, 1.165) is 24.5 Å². The molecule has 1 heterocycles. The first-order chi connectivity index (χ1) is 18.7. The number of carbonyl (C=O) groups is 1. The standard InChI is InChI=1S/C32H37F4N3O/c1-30(2)16-17-31(3,4)25-18-22(10-13-24(25)30)26(14-6-20-7-15-27(38-19-20)32(34,35)36)39-28(29(40)37-5)21-8-11-23(33)12-9-21/h7-13,15,18-19,26,28,39H,6,14,16-17H2,1-5H3,(H,37,40)/t26-,28+/m0/s1. The number of halogens is 4. The largest absolute Gasteiger partial charge is 0.433 e. The summed E-state index contributed by atoms with van der Waals surface area (Å²) < 4.78 is 52.7. The van der Waals surface area contributed by atoms with Gasteiger partial charge in [0.25, 0.3) is 0 Å². The summed E-state index contributed by atoms with van der Waals surface area (Å²) in [7, 11) is 1.55. The molecule has 214 valence electrons. The number of likely N-dealkylation sites (N-methyl/N-ethyl adjacent to an activating group) is 1. The molecule has 4 rings (SSSR count). The molecule has 0 saturated heterocycles. The van der Waals surface area contributed by atoms with E-state index in [-0.39, 0.29) is 22.8 Å². The van der Waals surface area contributed by atoms with Gasteiger partial charge in [0.1, 0.15) is 17.6 Å². The molecule has 0 aliphatic heterocycles. The Morgan fingerprint density at radius 1 is 0.925 bits per heavy atom. The van der Waals surface area contributed by atoms with Crippen LogP contribution in [0, 0.1) is 5.82 Å². The number of nitrogens with one attached hydrogen (secondary N) is 2. The van der Waals surface area contributed by atoms with E-state index in [1.165, 1.54) is 35.5 Å². The molecule has 0 unspecified atom stereocenters. The maximum Gasteiger partial charge on any atom is 0.433 e. The van der Waals surface area contributed by atoms with Crippen LogP contribution in [0.2, 0.25) is 0 Å². The first-order valence-corrected chi connectivity index (χ1v) is 13.6. The number of carbonyl (C=O) groups excluding carboxylic acids is 1. The molecule has 4 nitrogen and oxygen atoms in total. The van der Waals surface area contributed by atoms with Gasteiger partial charge in [-0.15, -0.1) is 0 Å². The summed E-state index contributed by atoms with van der Waals surface area (Å²) in [5.41, 5.74) is 3.92. The fraction of sp³-hybridized carbons (Fsp3) is 0.438. The highest BCUT2D eigenvalue weighted by atomic mass is 19.4. The monoisotopic (exact) mass is 555 g/mol. The van der Waals surface area contributed by atoms with Crippen molar-refractivity contribution >= 4 is 5.91 Å². The van der Waals surface area contributed by atoms with Gasteiger partial charge < -0.3 is 5.32 Å². The molecule has 40 heavy (non-hydrogen) atoms. The maximum absolute atomic E-state index is 13.7. The van der Waals surface area contributed by atoms with Gasteiger partial charge in [-0.25, -0.2) is 4.39 Å². The molecule has 2 aromatic carbocycles. The number of alkyl halides is 3. The summed E-state index contributed by atoms with van der Waals surface area (Å²) in [5.74, 6) is -0.669. The van der Waals surface area contributed by atoms with Crippen molar-refractivity contribution in [1.29, 1.82) is 0 Å². The third kappa shape index (κ3) is 6.54. The number of nitrogens with zero attached hydrogens (tertiary/aromatic N) is 1. The number of rotatable bonds is 8. The molecule has 1 aliphatic carbocycles. The summed E-state index contributed by atoms with van der Waals surface area (Å²) >= 11 is 0. The van der Waals surface area contributed by atoms with Crippen LogP contribution in [0.3, 0.4) is 0 Å². The van der Waals surface area contributed by atoms with Crippen LogP contribution in [0.1, 0.15) is 92.6 Å². The Kier molecular flexibility index (Phi) is 8.41. The molecule has 0 bridgehead atoms. The average Bonchev–Trinajstić information content (AvgIpc) is 2.91. The highest BCUT2D eigenvalue weighted by molar-refractivity contribution is 5.83. The highest BCUT2D eigenvalue weighted by Gasteiger charge is 2.37. The van der Waals surface area contributed by atoms with E-state index in [9.17, 15) is 22.4 Å². The van der Waals surface area contributed by atoms with Gasteiger partial charge in [0.05, 0.1) is 0 Å². The van der Waals surface area contributed by atoms with Crippen molar-refractivity contribution in [2.45, 2.75) is 82.5 Å². The Labute approximate surface area is 233 Å². The Hall–Kier alpha value is -3.26. The first kappa shape index (κ1) is 29.7. The molecule has 1 aromatic heterocycles. The third-order valence-corrected chi connectivity index (χ3v) is 8.20. The molecule has 0 spiro atoms. The van der Waals surface area contributed by atoms with E-state index in [1.807, 2.05) is 0 Å². The number of aromatic nitrogens is 1. The zero-order chi connectivity index (χ0) is 29.3. The lowest BCUT2D eigenvalue weighted by Gasteiger charge is -2.42. The number of hydrogen-bond donors (Lipinski definition) is 2. The Morgan fingerprint density at radius 2 is 1.55 bits per heavy atom. The van der Waals surface area contributed by atoms with Gasteiger partial charge in [-0.05, 0) is 82.5 Å². The van der Waals surface area contributed by atoms with Crippen LogP contribution >= 0.6 is 0 Å². The van der Waals surface area contributed by atoms with Gasteiger partial charge in [0.2, 0.25) is 5.91 Å². The molecule has 1 aliphatic rings. The minimum atomic E-state index is -4.50. The van der Waals surface area contributed by atoms with Crippen LogP contribution in [0.15, 0.2) is 60.8 Å². The molecule has 2 N–H and O–H groups in total. The van der Waals surface area contributed by atoms with Crippen molar-refractivity contribution in [3.8, 4) is 0 Å². The lowest BCUT2D eigenvalue weighted by atomic mass is 9.63. The topological polar surface area (TPSA) is 54.0 Å². The van der Waals surface area contributed by atoms with Gasteiger partial charge in [-0.2, -0.15) is 13.2 Å². The number of amides is 1. The maximum atomic E-state index is 13.7. The van der Waals surface area contributed by atoms with Crippen molar-refractivity contribution in [2.75, 3.05) is 7.05 Å². The van der Waals surface area contributed by atoms with Gasteiger partial charge in [0.15, 0.2) is 0 Å². The number of fused-ring (bicyclic) bond motifs is 1. The second kappa shape index (κ2) is 11.3. The lowest BCUT2D eigenvalue weighted by molar-refractivity contribution is -0.141. The average molecular weight is 556 g/mol. The second-order valence-corrected chi connectivity index (χ2v) is 12.0. The highest BCUT2D eigenvalue weighted by Crippen LogP contribution is 2.46. The predicted molar refractivity (Wildman–Crippen MR) is 148 cm³/mol. The molecule has 0 saturated carbocycles. The van der Waals surface area contributed by atoms with E-state index in [0.29, 0.717) is 24.0 Å². The Balaban J connectivity index is 1.71. The van der Waals surface area contributed by atoms with Crippen molar-refractivity contribution in [1.82, 2.24) is 15.6 Å². The second-order valence-electron chi connectivity index (χ2n) is 12.0. The molecule has 0 radical (unpaired) electrons. The van der Waals surface area contributed by atoms with Crippen molar-refractivity contribution in [3.05, 3.63) is 100 Å². The fourth-order valence-electron chi connectivity index (χ4n) is 5.54. The van der Waals surface area contributed by atoms with Crippen LogP contribution < -0.4 is 10.6 Å². The summed E-state index contributed by atoms with van der Waals surface area (Å²) in [5, 5.41) is 6.17. The molecule has 0 fully saturated rings. The smallest absolute Gasteiger partial charge is 0.358 e. The first-order valence-electron chi connectivity index (χ1n) is 13.6. The minimum Gasteiger partial charge on any atom is -0.358 e. The van der Waals surface area contributed by atoms with Crippen molar-refractivity contribution in [3.63, 3.8) is 0 Å². The van der Waals surface area contributed by atoms with E-state index in [2.05, 4.69) is 61.5 Å². The molecular formula is C32H37F4N3O. The summed E-state index contributed by atoms with van der Waals surface area (Å²) in [6.45, 7) is 8.99. The molecule has 8 heteroatoms. The number of aryl methyl sites for hydroxylation is 1. The van der Waals surface area contributed by atoms with E-state index >= 15 is 0 Å². The Morgan fingerprint density at radius 3 is 2.12 bits per heavy atom. The molecule has 1 amide bonds. The number of hydrogen-bond acceptors (Lipinski definition) is 3. The predicted octanol–water partition coefficient (Wildman–Crippen LogP) is 7.34. The van der Waals surface area contributed by atoms with Crippen molar-refractivity contribution in [2.24, 2.45) is 0 Å². The summed E-state index contributed by atoms with van der Waals surface area (Å²) in [6, 6.07) is 13.6. The zero-order valence-corrected chi connectivity index (χ0v) is 23.6. The third-order valence-electron chi connectivity index (χ3n) is 8.20. The molecular weight excluding hydrogens is 518 g/mol. The van der Waals surface area contributed by atoms with E-state index in [1.54, 1.807) is 19.2 Å². The van der Waals surface area contributed by atoms with Gasteiger partial charge in [-0.3, -0.25) is 15.1 Å². The van der Waals surface area contributed by atoms with Crippen LogP contribution in [-0.4, -0.2) is 17.9 Å². The zero-order valence-electron chi connectivity index (χ0n) is 23.6. The summed E-state index contributed by atoms with van der Waals surface area (Å²) in [6.07, 6.45) is -0.166. The van der Waals surface area contributed by atoms with E-state index in [4.69, 9.17) is 0 Å². The minimum absolute atomic E-state index is 0.0279. The van der Waals surface area contributed by atoms with Gasteiger partial charge in [-0.1, -0.05) is 64.1 Å². The fourth-order valence-corrected chi connectivity index (χ4v) is 5.54. The molecule has 2 atom stereocenters. The summed E-state index contributed by atoms with van der Waals surface area (Å²) in [4.78, 5) is 16.6. The quantitative estimate of drug-likeness (QED) is 0.286. The van der Waals surface area contributed by atoms with Crippen LogP contribution in [0.5, 0.6) is 0 Å². The van der Waals surface area contributed by atoms with Crippen LogP contribution in [0.4, 0.5) is 17.6 Å². The van der Waals surface area contributed by atoms with Gasteiger partial charge in [0, 0.05) is 19.3 Å². The van der Waals surface area contributed by atoms with Gasteiger partial charge >= 0.3 is 6.18 Å².